The van der Waals surface area contributed by atoms with Crippen LogP contribution in [0.1, 0.15) is 46.1 Å². The summed E-state index contributed by atoms with van der Waals surface area (Å²) >= 11 is 0. The van der Waals surface area contributed by atoms with Gasteiger partial charge in [-0.1, -0.05) is 6.07 Å². The number of nitrogens with zero attached hydrogens (tertiary/aromatic N) is 3. The minimum Gasteiger partial charge on any atom is -0.439 e. The van der Waals surface area contributed by atoms with Crippen LogP contribution in [0.4, 0.5) is 0 Å². The molecule has 1 saturated carbocycles. The van der Waals surface area contributed by atoms with Crippen molar-refractivity contribution in [3.05, 3.63) is 71.2 Å². The van der Waals surface area contributed by atoms with Crippen molar-refractivity contribution in [2.75, 3.05) is 0 Å². The van der Waals surface area contributed by atoms with Crippen LogP contribution in [0.2, 0.25) is 0 Å². The molecule has 0 radical (unpaired) electrons. The van der Waals surface area contributed by atoms with Gasteiger partial charge in [-0.2, -0.15) is 5.10 Å². The summed E-state index contributed by atoms with van der Waals surface area (Å²) in [5, 5.41) is 7.48. The Kier molecular flexibility index (Phi) is 4.62. The highest BCUT2D eigenvalue weighted by Gasteiger charge is 2.26. The molecule has 138 valence electrons. The highest BCUT2D eigenvalue weighted by atomic mass is 16.5. The Morgan fingerprint density at radius 2 is 2.04 bits per heavy atom. The number of benzene rings is 1. The maximum atomic E-state index is 12.4. The van der Waals surface area contributed by atoms with Crippen molar-refractivity contribution in [3.63, 3.8) is 0 Å². The molecule has 1 N–H and O–H groups in total. The van der Waals surface area contributed by atoms with Crippen LogP contribution in [0, 0.1) is 6.92 Å². The third kappa shape index (κ3) is 4.00. The summed E-state index contributed by atoms with van der Waals surface area (Å²) in [4.78, 5) is 16.6. The molecule has 27 heavy (non-hydrogen) atoms. The number of aromatic nitrogens is 3. The second-order valence-electron chi connectivity index (χ2n) is 6.89. The van der Waals surface area contributed by atoms with E-state index in [4.69, 9.17) is 4.74 Å². The summed E-state index contributed by atoms with van der Waals surface area (Å²) in [7, 11) is 1.92. The molecule has 1 aliphatic rings. The topological polar surface area (TPSA) is 69.0 Å². The molecule has 0 bridgehead atoms. The summed E-state index contributed by atoms with van der Waals surface area (Å²) < 4.78 is 7.61. The predicted molar refractivity (Wildman–Crippen MR) is 102 cm³/mol. The number of carbonyl (C=O) groups excluding carboxylic acids is 1. The van der Waals surface area contributed by atoms with E-state index in [1.54, 1.807) is 30.5 Å². The summed E-state index contributed by atoms with van der Waals surface area (Å²) in [6, 6.07) is 13.0. The third-order valence-corrected chi connectivity index (χ3v) is 4.71. The molecule has 2 heterocycles. The number of aryl methyl sites for hydroxylation is 2. The molecule has 2 aromatic heterocycles. The lowest BCUT2D eigenvalue weighted by Crippen LogP contribution is -2.23. The van der Waals surface area contributed by atoms with Crippen LogP contribution in [0.15, 0.2) is 48.7 Å². The van der Waals surface area contributed by atoms with Gasteiger partial charge >= 0.3 is 0 Å². The van der Waals surface area contributed by atoms with Crippen LogP contribution in [0.5, 0.6) is 11.6 Å². The monoisotopic (exact) mass is 362 g/mol. The van der Waals surface area contributed by atoms with Gasteiger partial charge in [-0.25, -0.2) is 4.98 Å². The van der Waals surface area contributed by atoms with Gasteiger partial charge in [-0.15, -0.1) is 0 Å². The summed E-state index contributed by atoms with van der Waals surface area (Å²) in [5.41, 5.74) is 3.69. The Balaban J connectivity index is 1.37. The molecule has 0 saturated heterocycles. The van der Waals surface area contributed by atoms with Crippen LogP contribution in [-0.4, -0.2) is 20.7 Å². The number of amides is 1. The molecule has 6 heteroatoms. The number of carbonyl (C=O) groups is 1. The second-order valence-corrected chi connectivity index (χ2v) is 6.89. The molecule has 0 aliphatic heterocycles. The number of nitrogens with one attached hydrogen (secondary N) is 1. The van der Waals surface area contributed by atoms with Gasteiger partial charge in [0.1, 0.15) is 5.75 Å². The van der Waals surface area contributed by atoms with Gasteiger partial charge in [-0.3, -0.25) is 9.48 Å². The Morgan fingerprint density at radius 3 is 2.74 bits per heavy atom. The van der Waals surface area contributed by atoms with Gasteiger partial charge in [0.05, 0.1) is 17.9 Å². The first-order chi connectivity index (χ1) is 13.1. The lowest BCUT2D eigenvalue weighted by atomic mass is 10.2. The molecule has 4 rings (SSSR count). The fourth-order valence-corrected chi connectivity index (χ4v) is 2.91. The largest absolute Gasteiger partial charge is 0.439 e. The zero-order chi connectivity index (χ0) is 18.8. The number of ether oxygens (including phenoxy) is 1. The fourth-order valence-electron chi connectivity index (χ4n) is 2.91. The van der Waals surface area contributed by atoms with Gasteiger partial charge in [-0.05, 0) is 56.2 Å². The standard InChI is InChI=1S/C21H22N4O2/c1-14-4-3-11-22-21(14)27-18-9-7-16(8-10-18)20(26)23-13-17-12-19(15-5-6-15)24-25(17)2/h3-4,7-12,15H,5-6,13H2,1-2H3,(H,23,26). The minimum atomic E-state index is -0.121. The van der Waals surface area contributed by atoms with Crippen molar-refractivity contribution in [2.45, 2.75) is 32.2 Å². The average Bonchev–Trinajstić information content (AvgIpc) is 3.46. The molecular weight excluding hydrogens is 340 g/mol. The Hall–Kier alpha value is -3.15. The fraction of sp³-hybridized carbons (Fsp3) is 0.286. The van der Waals surface area contributed by atoms with Crippen LogP contribution in [-0.2, 0) is 13.6 Å². The van der Waals surface area contributed by atoms with Crippen LogP contribution in [0.25, 0.3) is 0 Å². The van der Waals surface area contributed by atoms with E-state index >= 15 is 0 Å². The van der Waals surface area contributed by atoms with Crippen LogP contribution >= 0.6 is 0 Å². The summed E-state index contributed by atoms with van der Waals surface area (Å²) in [5.74, 6) is 1.70. The Labute approximate surface area is 158 Å². The number of hydrogen-bond acceptors (Lipinski definition) is 4. The molecule has 0 atom stereocenters. The van der Waals surface area contributed by atoms with Crippen molar-refractivity contribution in [3.8, 4) is 11.6 Å². The molecule has 0 unspecified atom stereocenters. The molecule has 3 aromatic rings. The molecule has 1 aromatic carbocycles. The smallest absolute Gasteiger partial charge is 0.251 e. The van der Waals surface area contributed by atoms with E-state index in [-0.39, 0.29) is 5.91 Å². The number of pyridine rings is 1. The highest BCUT2D eigenvalue weighted by molar-refractivity contribution is 5.94. The molecule has 6 nitrogen and oxygen atoms in total. The van der Waals surface area contributed by atoms with E-state index in [1.807, 2.05) is 30.8 Å². The number of rotatable bonds is 6. The SMILES string of the molecule is Cc1cccnc1Oc1ccc(C(=O)NCc2cc(C3CC3)nn2C)cc1. The maximum Gasteiger partial charge on any atom is 0.251 e. The molecule has 1 amide bonds. The Bertz CT molecular complexity index is 959. The van der Waals surface area contributed by atoms with E-state index in [9.17, 15) is 4.79 Å². The predicted octanol–water partition coefficient (Wildman–Crippen LogP) is 3.72. The molecule has 1 aliphatic carbocycles. The molecular formula is C21H22N4O2. The van der Waals surface area contributed by atoms with Gasteiger partial charge in [0.2, 0.25) is 5.88 Å². The molecule has 0 spiro atoms. The third-order valence-electron chi connectivity index (χ3n) is 4.71. The zero-order valence-corrected chi connectivity index (χ0v) is 15.5. The van der Waals surface area contributed by atoms with Gasteiger partial charge < -0.3 is 10.1 Å². The van der Waals surface area contributed by atoms with E-state index < -0.39 is 0 Å². The van der Waals surface area contributed by atoms with Crippen molar-refractivity contribution in [1.82, 2.24) is 20.1 Å². The molecule has 1 fully saturated rings. The van der Waals surface area contributed by atoms with Crippen molar-refractivity contribution in [2.24, 2.45) is 7.05 Å². The first kappa shape index (κ1) is 17.3. The lowest BCUT2D eigenvalue weighted by molar-refractivity contribution is 0.0950. The Morgan fingerprint density at radius 1 is 1.26 bits per heavy atom. The zero-order valence-electron chi connectivity index (χ0n) is 15.5. The van der Waals surface area contributed by atoms with Crippen molar-refractivity contribution < 1.29 is 9.53 Å². The quantitative estimate of drug-likeness (QED) is 0.725. The van der Waals surface area contributed by atoms with E-state index in [0.29, 0.717) is 29.7 Å². The van der Waals surface area contributed by atoms with E-state index in [0.717, 1.165) is 17.0 Å². The maximum absolute atomic E-state index is 12.4. The first-order valence-electron chi connectivity index (χ1n) is 9.10. The highest BCUT2D eigenvalue weighted by Crippen LogP contribution is 2.39. The normalized spacial score (nSPS) is 13.4. The van der Waals surface area contributed by atoms with Crippen molar-refractivity contribution >= 4 is 5.91 Å². The van der Waals surface area contributed by atoms with Crippen LogP contribution < -0.4 is 10.1 Å². The van der Waals surface area contributed by atoms with E-state index in [2.05, 4.69) is 21.5 Å². The van der Waals surface area contributed by atoms with Gasteiger partial charge in [0.15, 0.2) is 0 Å². The van der Waals surface area contributed by atoms with Gasteiger partial charge in [0.25, 0.3) is 5.91 Å². The average molecular weight is 362 g/mol. The minimum absolute atomic E-state index is 0.121. The second kappa shape index (κ2) is 7.23. The van der Waals surface area contributed by atoms with Crippen molar-refractivity contribution in [1.29, 1.82) is 0 Å². The first-order valence-corrected chi connectivity index (χ1v) is 9.10. The lowest BCUT2D eigenvalue weighted by Gasteiger charge is -2.08. The van der Waals surface area contributed by atoms with E-state index in [1.165, 1.54) is 12.8 Å². The van der Waals surface area contributed by atoms with Gasteiger partial charge in [0, 0.05) is 30.3 Å². The number of hydrogen-bond donors (Lipinski definition) is 1. The summed E-state index contributed by atoms with van der Waals surface area (Å²) in [6.07, 6.45) is 4.13. The summed E-state index contributed by atoms with van der Waals surface area (Å²) in [6.45, 7) is 2.40. The van der Waals surface area contributed by atoms with Crippen LogP contribution in [0.3, 0.4) is 0 Å².